The van der Waals surface area contributed by atoms with E-state index in [1.54, 1.807) is 13.2 Å². The van der Waals surface area contributed by atoms with Crippen molar-refractivity contribution >= 4 is 10.8 Å². The van der Waals surface area contributed by atoms with Gasteiger partial charge < -0.3 is 9.84 Å². The molecule has 0 atom stereocenters. The lowest BCUT2D eigenvalue weighted by molar-refractivity contribution is 0.419. The van der Waals surface area contributed by atoms with Crippen LogP contribution < -0.4 is 4.74 Å². The van der Waals surface area contributed by atoms with Crippen LogP contribution in [0.5, 0.6) is 11.5 Å². The van der Waals surface area contributed by atoms with E-state index < -0.39 is 0 Å². The normalized spacial score (nSPS) is 10.4. The van der Waals surface area contributed by atoms with Gasteiger partial charge in [-0.05, 0) is 24.6 Å². The van der Waals surface area contributed by atoms with Gasteiger partial charge in [0.2, 0.25) is 0 Å². The van der Waals surface area contributed by atoms with Gasteiger partial charge in [-0.3, -0.25) is 0 Å². The SMILES string of the molecule is COc1cccc2c(O)ccc(C)c12. The number of fused-ring (bicyclic) bond motifs is 1. The Bertz CT molecular complexity index is 475. The minimum absolute atomic E-state index is 0.296. The Morgan fingerprint density at radius 2 is 1.93 bits per heavy atom. The zero-order valence-corrected chi connectivity index (χ0v) is 8.24. The van der Waals surface area contributed by atoms with Crippen LogP contribution in [-0.2, 0) is 0 Å². The summed E-state index contributed by atoms with van der Waals surface area (Å²) in [5, 5.41) is 11.5. The van der Waals surface area contributed by atoms with Crippen molar-refractivity contribution in [2.24, 2.45) is 0 Å². The Morgan fingerprint density at radius 1 is 1.14 bits per heavy atom. The second-order valence-corrected chi connectivity index (χ2v) is 3.28. The minimum atomic E-state index is 0.296. The van der Waals surface area contributed by atoms with Gasteiger partial charge in [-0.2, -0.15) is 0 Å². The molecule has 2 heteroatoms. The molecule has 0 aliphatic carbocycles. The van der Waals surface area contributed by atoms with Gasteiger partial charge in [0, 0.05) is 10.8 Å². The van der Waals surface area contributed by atoms with Crippen LogP contribution in [0.1, 0.15) is 5.56 Å². The number of aromatic hydroxyl groups is 1. The summed E-state index contributed by atoms with van der Waals surface area (Å²) in [7, 11) is 1.64. The Morgan fingerprint density at radius 3 is 2.64 bits per heavy atom. The zero-order valence-electron chi connectivity index (χ0n) is 8.24. The number of aryl methyl sites for hydroxylation is 1. The van der Waals surface area contributed by atoms with Gasteiger partial charge in [0.25, 0.3) is 0 Å². The van der Waals surface area contributed by atoms with E-state index in [2.05, 4.69) is 0 Å². The Balaban J connectivity index is 2.92. The fourth-order valence-corrected chi connectivity index (χ4v) is 1.70. The van der Waals surface area contributed by atoms with Crippen LogP contribution in [0.15, 0.2) is 30.3 Å². The smallest absolute Gasteiger partial charge is 0.127 e. The lowest BCUT2D eigenvalue weighted by atomic mass is 10.0. The predicted molar refractivity (Wildman–Crippen MR) is 56.9 cm³/mol. The molecule has 2 aromatic rings. The molecule has 0 aliphatic rings. The van der Waals surface area contributed by atoms with E-state index in [0.717, 1.165) is 22.1 Å². The van der Waals surface area contributed by atoms with Crippen molar-refractivity contribution in [3.05, 3.63) is 35.9 Å². The third-order valence-electron chi connectivity index (χ3n) is 2.41. The highest BCUT2D eigenvalue weighted by molar-refractivity contribution is 5.95. The number of hydrogen-bond donors (Lipinski definition) is 1. The highest BCUT2D eigenvalue weighted by Crippen LogP contribution is 2.33. The van der Waals surface area contributed by atoms with Gasteiger partial charge in [-0.1, -0.05) is 18.2 Å². The van der Waals surface area contributed by atoms with E-state index in [4.69, 9.17) is 4.74 Å². The molecule has 1 N–H and O–H groups in total. The van der Waals surface area contributed by atoms with Crippen molar-refractivity contribution in [2.75, 3.05) is 7.11 Å². The average molecular weight is 188 g/mol. The van der Waals surface area contributed by atoms with Crippen molar-refractivity contribution in [3.63, 3.8) is 0 Å². The fourth-order valence-electron chi connectivity index (χ4n) is 1.70. The lowest BCUT2D eigenvalue weighted by Crippen LogP contribution is -1.87. The first-order valence-electron chi connectivity index (χ1n) is 4.49. The molecule has 0 saturated carbocycles. The first kappa shape index (κ1) is 8.88. The van der Waals surface area contributed by atoms with Crippen LogP contribution in [-0.4, -0.2) is 12.2 Å². The van der Waals surface area contributed by atoms with Crippen molar-refractivity contribution in [1.82, 2.24) is 0 Å². The number of benzene rings is 2. The summed E-state index contributed by atoms with van der Waals surface area (Å²) in [4.78, 5) is 0. The predicted octanol–water partition coefficient (Wildman–Crippen LogP) is 2.86. The maximum absolute atomic E-state index is 9.66. The molecule has 0 saturated heterocycles. The van der Waals surface area contributed by atoms with Gasteiger partial charge in [-0.15, -0.1) is 0 Å². The van der Waals surface area contributed by atoms with Gasteiger partial charge in [0.15, 0.2) is 0 Å². The quantitative estimate of drug-likeness (QED) is 0.745. The minimum Gasteiger partial charge on any atom is -0.507 e. The van der Waals surface area contributed by atoms with Crippen LogP contribution in [0.2, 0.25) is 0 Å². The summed E-state index contributed by atoms with van der Waals surface area (Å²) >= 11 is 0. The Hall–Kier alpha value is -1.70. The van der Waals surface area contributed by atoms with E-state index in [9.17, 15) is 5.11 Å². The molecule has 2 rings (SSSR count). The van der Waals surface area contributed by atoms with E-state index in [-0.39, 0.29) is 0 Å². The molecule has 0 aliphatic heterocycles. The van der Waals surface area contributed by atoms with Crippen LogP contribution >= 0.6 is 0 Å². The molecule has 0 spiro atoms. The maximum atomic E-state index is 9.66. The van der Waals surface area contributed by atoms with Crippen molar-refractivity contribution in [3.8, 4) is 11.5 Å². The summed E-state index contributed by atoms with van der Waals surface area (Å²) in [6, 6.07) is 9.26. The summed E-state index contributed by atoms with van der Waals surface area (Å²) in [6.07, 6.45) is 0. The van der Waals surface area contributed by atoms with Crippen LogP contribution in [0, 0.1) is 6.92 Å². The number of rotatable bonds is 1. The number of phenolic OH excluding ortho intramolecular Hbond substituents is 1. The molecule has 2 aromatic carbocycles. The molecule has 14 heavy (non-hydrogen) atoms. The van der Waals surface area contributed by atoms with Crippen molar-refractivity contribution in [1.29, 1.82) is 0 Å². The molecular weight excluding hydrogens is 176 g/mol. The van der Waals surface area contributed by atoms with Crippen molar-refractivity contribution in [2.45, 2.75) is 6.92 Å². The Kier molecular flexibility index (Phi) is 2.04. The highest BCUT2D eigenvalue weighted by atomic mass is 16.5. The van der Waals surface area contributed by atoms with Gasteiger partial charge in [0.05, 0.1) is 7.11 Å². The lowest BCUT2D eigenvalue weighted by Gasteiger charge is -2.08. The number of ether oxygens (including phenoxy) is 1. The van der Waals surface area contributed by atoms with Crippen LogP contribution in [0.25, 0.3) is 10.8 Å². The third-order valence-corrected chi connectivity index (χ3v) is 2.41. The number of hydrogen-bond acceptors (Lipinski definition) is 2. The highest BCUT2D eigenvalue weighted by Gasteiger charge is 2.06. The summed E-state index contributed by atoms with van der Waals surface area (Å²) in [6.45, 7) is 2.00. The molecule has 72 valence electrons. The first-order valence-corrected chi connectivity index (χ1v) is 4.49. The topological polar surface area (TPSA) is 29.5 Å². The third kappa shape index (κ3) is 1.20. The molecule has 2 nitrogen and oxygen atoms in total. The van der Waals surface area contributed by atoms with Gasteiger partial charge in [0.1, 0.15) is 11.5 Å². The molecular formula is C12H12O2. The largest absolute Gasteiger partial charge is 0.507 e. The molecule has 0 bridgehead atoms. The number of phenols is 1. The first-order chi connectivity index (χ1) is 6.74. The molecule has 0 heterocycles. The zero-order chi connectivity index (χ0) is 10.1. The van der Waals surface area contributed by atoms with E-state index >= 15 is 0 Å². The fraction of sp³-hybridized carbons (Fsp3) is 0.167. The molecule has 0 unspecified atom stereocenters. The van der Waals surface area contributed by atoms with E-state index in [1.165, 1.54) is 0 Å². The van der Waals surface area contributed by atoms with Gasteiger partial charge in [-0.25, -0.2) is 0 Å². The second-order valence-electron chi connectivity index (χ2n) is 3.28. The maximum Gasteiger partial charge on any atom is 0.127 e. The monoisotopic (exact) mass is 188 g/mol. The summed E-state index contributed by atoms with van der Waals surface area (Å²) in [5.41, 5.74) is 1.11. The molecule has 0 fully saturated rings. The molecule has 0 aromatic heterocycles. The number of methoxy groups -OCH3 is 1. The van der Waals surface area contributed by atoms with E-state index in [0.29, 0.717) is 5.75 Å². The molecule has 0 amide bonds. The Labute approximate surface area is 82.8 Å². The summed E-state index contributed by atoms with van der Waals surface area (Å²) in [5.74, 6) is 1.10. The average Bonchev–Trinajstić information content (AvgIpc) is 2.23. The second kappa shape index (κ2) is 3.22. The summed E-state index contributed by atoms with van der Waals surface area (Å²) < 4.78 is 5.25. The standard InChI is InChI=1S/C12H12O2/c1-8-6-7-10(13)9-4-3-5-11(14-2)12(8)9/h3-7,13H,1-2H3. The molecule has 0 radical (unpaired) electrons. The van der Waals surface area contributed by atoms with Crippen LogP contribution in [0.4, 0.5) is 0 Å². The van der Waals surface area contributed by atoms with Crippen molar-refractivity contribution < 1.29 is 9.84 Å². The van der Waals surface area contributed by atoms with E-state index in [1.807, 2.05) is 31.2 Å². The van der Waals surface area contributed by atoms with Crippen LogP contribution in [0.3, 0.4) is 0 Å². The van der Waals surface area contributed by atoms with Gasteiger partial charge >= 0.3 is 0 Å².